The Morgan fingerprint density at radius 1 is 1.15 bits per heavy atom. The maximum Gasteiger partial charge on any atom is 0.414 e. The van der Waals surface area contributed by atoms with E-state index in [1.54, 1.807) is 6.07 Å². The highest BCUT2D eigenvalue weighted by molar-refractivity contribution is 5.93. The highest BCUT2D eigenvalue weighted by Gasteiger charge is 2.33. The van der Waals surface area contributed by atoms with E-state index >= 15 is 0 Å². The average Bonchev–Trinajstić information content (AvgIpc) is 3.54. The Kier molecular flexibility index (Phi) is 5.24. The highest BCUT2D eigenvalue weighted by atomic mass is 19.1. The summed E-state index contributed by atoms with van der Waals surface area (Å²) in [6, 6.07) is 6.51. The lowest BCUT2D eigenvalue weighted by Crippen LogP contribution is -2.28. The summed E-state index contributed by atoms with van der Waals surface area (Å²) in [4.78, 5) is 30.8. The van der Waals surface area contributed by atoms with Gasteiger partial charge < -0.3 is 19.9 Å². The molecule has 0 spiro atoms. The molecule has 0 radical (unpaired) electrons. The minimum absolute atomic E-state index is 0.0426. The van der Waals surface area contributed by atoms with E-state index in [0.29, 0.717) is 24.7 Å². The molecule has 2 fully saturated rings. The lowest BCUT2D eigenvalue weighted by Gasteiger charge is -2.16. The zero-order valence-electron chi connectivity index (χ0n) is 17.1. The quantitative estimate of drug-likeness (QED) is 0.586. The molecule has 1 unspecified atom stereocenters. The second-order valence-electron chi connectivity index (χ2n) is 7.46. The normalized spacial score (nSPS) is 17.9. The number of nitrogens with one attached hydrogen (secondary N) is 2. The number of amides is 3. The number of ether oxygens (including phenoxy) is 1. The summed E-state index contributed by atoms with van der Waals surface area (Å²) < 4.78 is 39.8. The van der Waals surface area contributed by atoms with E-state index in [9.17, 15) is 18.4 Å². The van der Waals surface area contributed by atoms with Crippen LogP contribution in [0.15, 0.2) is 47.3 Å². The van der Waals surface area contributed by atoms with Crippen molar-refractivity contribution in [2.45, 2.75) is 6.10 Å². The van der Waals surface area contributed by atoms with Crippen LogP contribution in [0.5, 0.6) is 0 Å². The summed E-state index contributed by atoms with van der Waals surface area (Å²) in [5.74, 6) is -0.835. The summed E-state index contributed by atoms with van der Waals surface area (Å²) in [6.45, 7) is 1.33. The van der Waals surface area contributed by atoms with E-state index in [-0.39, 0.29) is 35.9 Å². The third-order valence-electron chi connectivity index (χ3n) is 5.33. The van der Waals surface area contributed by atoms with Crippen molar-refractivity contribution in [1.82, 2.24) is 15.5 Å². The number of pyridine rings is 1. The number of aromatic nitrogens is 2. The second kappa shape index (κ2) is 8.37. The first-order valence-electron chi connectivity index (χ1n) is 10.1. The van der Waals surface area contributed by atoms with Gasteiger partial charge in [0.05, 0.1) is 24.3 Å². The van der Waals surface area contributed by atoms with Crippen molar-refractivity contribution in [3.05, 3.63) is 54.4 Å². The number of carbonyl (C=O) groups excluding carboxylic acids is 2. The molecule has 3 aromatic rings. The van der Waals surface area contributed by atoms with E-state index in [2.05, 4.69) is 20.8 Å². The molecule has 2 aromatic heterocycles. The summed E-state index contributed by atoms with van der Waals surface area (Å²) >= 11 is 0. The summed E-state index contributed by atoms with van der Waals surface area (Å²) in [5.41, 5.74) is -0.0277. The van der Waals surface area contributed by atoms with Crippen molar-refractivity contribution in [2.75, 3.05) is 41.3 Å². The molecule has 0 aliphatic carbocycles. The first-order valence-corrected chi connectivity index (χ1v) is 10.1. The van der Waals surface area contributed by atoms with E-state index in [1.165, 1.54) is 34.4 Å². The van der Waals surface area contributed by atoms with Gasteiger partial charge in [0.1, 0.15) is 29.8 Å². The van der Waals surface area contributed by atoms with Gasteiger partial charge in [-0.25, -0.2) is 23.4 Å². The number of halogens is 2. The topological polar surface area (TPSA) is 113 Å². The molecule has 1 aromatic carbocycles. The van der Waals surface area contributed by atoms with E-state index in [4.69, 9.17) is 9.26 Å². The highest BCUT2D eigenvalue weighted by Crippen LogP contribution is 2.32. The number of nitrogens with zero attached hydrogens (tertiary/aromatic N) is 4. The van der Waals surface area contributed by atoms with Crippen molar-refractivity contribution in [3.8, 4) is 11.1 Å². The second-order valence-corrected chi connectivity index (χ2v) is 7.46. The van der Waals surface area contributed by atoms with Gasteiger partial charge in [-0.05, 0) is 24.3 Å². The molecule has 0 saturated carbocycles. The van der Waals surface area contributed by atoms with Gasteiger partial charge in [0.25, 0.3) is 0 Å². The number of benzene rings is 1. The van der Waals surface area contributed by atoms with Crippen LogP contribution in [-0.4, -0.2) is 54.5 Å². The molecule has 2 saturated heterocycles. The predicted molar refractivity (Wildman–Crippen MR) is 113 cm³/mol. The molecule has 1 atom stereocenters. The van der Waals surface area contributed by atoms with Crippen LogP contribution in [0, 0.1) is 11.6 Å². The fourth-order valence-electron chi connectivity index (χ4n) is 3.74. The maximum absolute atomic E-state index is 14.9. The van der Waals surface area contributed by atoms with Crippen LogP contribution in [0.3, 0.4) is 0 Å². The Hall–Kier alpha value is -4.22. The van der Waals surface area contributed by atoms with Crippen LogP contribution < -0.4 is 20.4 Å². The first kappa shape index (κ1) is 20.7. The molecule has 33 heavy (non-hydrogen) atoms. The van der Waals surface area contributed by atoms with Gasteiger partial charge in [-0.1, -0.05) is 5.16 Å². The van der Waals surface area contributed by atoms with Gasteiger partial charge in [-0.3, -0.25) is 9.80 Å². The number of anilines is 3. The molecule has 2 aliphatic heterocycles. The van der Waals surface area contributed by atoms with Crippen LogP contribution >= 0.6 is 0 Å². The number of carbonyl (C=O) groups is 2. The summed E-state index contributed by atoms with van der Waals surface area (Å²) in [5, 5.41) is 9.31. The number of rotatable bonds is 6. The third kappa shape index (κ3) is 4.02. The third-order valence-corrected chi connectivity index (χ3v) is 5.33. The molecule has 3 amide bonds. The fourth-order valence-corrected chi connectivity index (χ4v) is 3.74. The Labute approximate surface area is 186 Å². The molecule has 0 bridgehead atoms. The van der Waals surface area contributed by atoms with Crippen LogP contribution in [0.4, 0.5) is 35.7 Å². The zero-order valence-corrected chi connectivity index (χ0v) is 17.1. The zero-order chi connectivity index (χ0) is 22.9. The Balaban J connectivity index is 1.32. The fraction of sp³-hybridized carbons (Fsp3) is 0.238. The van der Waals surface area contributed by atoms with Crippen LogP contribution in [0.2, 0.25) is 0 Å². The summed E-state index contributed by atoms with van der Waals surface area (Å²) in [7, 11) is 0. The minimum Gasteiger partial charge on any atom is -0.442 e. The largest absolute Gasteiger partial charge is 0.442 e. The number of cyclic esters (lactones) is 1. The standard InChI is InChI=1S/C21H18F2N6O4/c22-15-7-13(29-11-14(33-21(29)31)10-25-17-3-6-32-27-17)8-16(23)19(15)12-1-2-18(26-9-12)28-5-4-24-20(28)30/h1-3,6-9,14H,4-5,10-11H2,(H,24,30)(H,25,27). The summed E-state index contributed by atoms with van der Waals surface area (Å²) in [6.07, 6.45) is 1.45. The van der Waals surface area contributed by atoms with Gasteiger partial charge in [0.15, 0.2) is 5.82 Å². The Morgan fingerprint density at radius 2 is 1.97 bits per heavy atom. The van der Waals surface area contributed by atoms with Crippen LogP contribution in [0.25, 0.3) is 11.1 Å². The number of hydrogen-bond donors (Lipinski definition) is 2. The molecule has 12 heteroatoms. The van der Waals surface area contributed by atoms with Gasteiger partial charge in [0, 0.05) is 30.9 Å². The van der Waals surface area contributed by atoms with Crippen molar-refractivity contribution >= 4 is 29.4 Å². The van der Waals surface area contributed by atoms with E-state index in [1.807, 2.05) is 0 Å². The van der Waals surface area contributed by atoms with Crippen molar-refractivity contribution < 1.29 is 27.6 Å². The Bertz CT molecular complexity index is 1160. The molecular weight excluding hydrogens is 438 g/mol. The maximum atomic E-state index is 14.9. The lowest BCUT2D eigenvalue weighted by atomic mass is 10.1. The molecule has 5 rings (SSSR count). The lowest BCUT2D eigenvalue weighted by molar-refractivity contribution is 0.147. The molecule has 10 nitrogen and oxygen atoms in total. The van der Waals surface area contributed by atoms with E-state index in [0.717, 1.165) is 12.1 Å². The average molecular weight is 456 g/mol. The molecular formula is C21H18F2N6O4. The van der Waals surface area contributed by atoms with Crippen molar-refractivity contribution in [3.63, 3.8) is 0 Å². The molecule has 2 aliphatic rings. The van der Waals surface area contributed by atoms with Gasteiger partial charge in [-0.2, -0.15) is 0 Å². The smallest absolute Gasteiger partial charge is 0.414 e. The molecule has 2 N–H and O–H groups in total. The SMILES string of the molecule is O=C1OC(CNc2ccon2)CN1c1cc(F)c(-c2ccc(N3CCNC3=O)nc2)c(F)c1. The van der Waals surface area contributed by atoms with Gasteiger partial charge in [0.2, 0.25) is 0 Å². The Morgan fingerprint density at radius 3 is 2.61 bits per heavy atom. The number of hydrogen-bond acceptors (Lipinski definition) is 7. The molecule has 4 heterocycles. The first-order chi connectivity index (χ1) is 16.0. The minimum atomic E-state index is -0.851. The van der Waals surface area contributed by atoms with Crippen LogP contribution in [-0.2, 0) is 4.74 Å². The van der Waals surface area contributed by atoms with Crippen molar-refractivity contribution in [1.29, 1.82) is 0 Å². The number of urea groups is 1. The van der Waals surface area contributed by atoms with Crippen LogP contribution in [0.1, 0.15) is 0 Å². The van der Waals surface area contributed by atoms with E-state index < -0.39 is 23.8 Å². The monoisotopic (exact) mass is 456 g/mol. The molecule has 170 valence electrons. The van der Waals surface area contributed by atoms with Gasteiger partial charge >= 0.3 is 12.1 Å². The van der Waals surface area contributed by atoms with Gasteiger partial charge in [-0.15, -0.1) is 0 Å². The van der Waals surface area contributed by atoms with Crippen molar-refractivity contribution in [2.24, 2.45) is 0 Å². The predicted octanol–water partition coefficient (Wildman–Crippen LogP) is 2.98.